The van der Waals surface area contributed by atoms with Crippen molar-refractivity contribution < 1.29 is 54.3 Å². The summed E-state index contributed by atoms with van der Waals surface area (Å²) in [7, 11) is -5.09. The molecule has 0 amide bonds. The summed E-state index contributed by atoms with van der Waals surface area (Å²) in [6.45, 7) is -1.76. The van der Waals surface area contributed by atoms with Gasteiger partial charge in [-0.2, -0.15) is 0 Å². The average Bonchev–Trinajstić information content (AvgIpc) is 2.70. The molecule has 3 unspecified atom stereocenters. The van der Waals surface area contributed by atoms with E-state index in [-0.39, 0.29) is 0 Å². The van der Waals surface area contributed by atoms with Crippen LogP contribution in [0.3, 0.4) is 0 Å². The molecule has 0 aromatic rings. The van der Waals surface area contributed by atoms with Gasteiger partial charge in [-0.25, -0.2) is 4.57 Å². The van der Waals surface area contributed by atoms with E-state index in [1.54, 1.807) is 0 Å². The van der Waals surface area contributed by atoms with Crippen molar-refractivity contribution in [2.24, 2.45) is 0 Å². The quantitative estimate of drug-likeness (QED) is 0.209. The van der Waals surface area contributed by atoms with Crippen molar-refractivity contribution in [1.82, 2.24) is 0 Å². The molecule has 11 nitrogen and oxygen atoms in total. The summed E-state index contributed by atoms with van der Waals surface area (Å²) in [4.78, 5) is 17.5. The predicted octanol–water partition coefficient (Wildman–Crippen LogP) is -4.34. The minimum Gasteiger partial charge on any atom is -0.394 e. The molecule has 1 saturated heterocycles. The molecular weight excluding hydrogens is 315 g/mol. The molecular formula is C9H19O11P. The lowest BCUT2D eigenvalue weighted by atomic mass is 9.99. The maximum atomic E-state index is 10.9. The third-order valence-corrected chi connectivity index (χ3v) is 3.57. The van der Waals surface area contributed by atoms with Gasteiger partial charge in [-0.1, -0.05) is 0 Å². The standard InChI is InChI=1S/C9H19O11P/c10-1-3(12)7-5(14)6(15)9(19-7)8(4(13)2-11)20-21(16,17)18/h3-15H,1-2H2,(H2,16,17,18)/t3-,4?,5-,6-,7+,8?,9?/m1/s1. The van der Waals surface area contributed by atoms with Gasteiger partial charge in [-0.3, -0.25) is 4.52 Å². The van der Waals surface area contributed by atoms with E-state index in [2.05, 4.69) is 4.52 Å². The highest BCUT2D eigenvalue weighted by Gasteiger charge is 2.51. The van der Waals surface area contributed by atoms with Gasteiger partial charge in [-0.05, 0) is 0 Å². The Morgan fingerprint density at radius 1 is 1.05 bits per heavy atom. The summed E-state index contributed by atoms with van der Waals surface area (Å²) in [6.07, 6.45) is -11.8. The molecule has 8 N–H and O–H groups in total. The second-order valence-electron chi connectivity index (χ2n) is 4.61. The molecule has 0 bridgehead atoms. The van der Waals surface area contributed by atoms with Crippen LogP contribution in [-0.2, 0) is 13.8 Å². The van der Waals surface area contributed by atoms with E-state index in [0.717, 1.165) is 0 Å². The molecule has 1 aliphatic rings. The normalized spacial score (nSPS) is 34.7. The molecule has 12 heteroatoms. The van der Waals surface area contributed by atoms with Crippen LogP contribution < -0.4 is 0 Å². The van der Waals surface area contributed by atoms with Crippen LogP contribution >= 0.6 is 7.82 Å². The number of aliphatic hydroxyl groups is 6. The maximum absolute atomic E-state index is 10.9. The Labute approximate surface area is 119 Å². The fourth-order valence-electron chi connectivity index (χ4n) is 2.04. The van der Waals surface area contributed by atoms with E-state index < -0.39 is 63.8 Å². The van der Waals surface area contributed by atoms with E-state index in [1.165, 1.54) is 0 Å². The average molecular weight is 334 g/mol. The van der Waals surface area contributed by atoms with Gasteiger partial charge >= 0.3 is 7.82 Å². The molecule has 7 atom stereocenters. The van der Waals surface area contributed by atoms with E-state index >= 15 is 0 Å². The summed E-state index contributed by atoms with van der Waals surface area (Å²) in [5.74, 6) is 0. The van der Waals surface area contributed by atoms with Gasteiger partial charge in [0.2, 0.25) is 0 Å². The van der Waals surface area contributed by atoms with Crippen LogP contribution in [-0.4, -0.2) is 96.4 Å². The zero-order valence-corrected chi connectivity index (χ0v) is 11.6. The lowest BCUT2D eigenvalue weighted by Crippen LogP contribution is -2.47. The van der Waals surface area contributed by atoms with Crippen LogP contribution in [0.1, 0.15) is 0 Å². The fraction of sp³-hybridized carbons (Fsp3) is 1.00. The first-order chi connectivity index (χ1) is 9.62. The van der Waals surface area contributed by atoms with Crippen LogP contribution in [0.4, 0.5) is 0 Å². The Balaban J connectivity index is 2.95. The van der Waals surface area contributed by atoms with E-state index in [1.807, 2.05) is 0 Å². The van der Waals surface area contributed by atoms with Gasteiger partial charge in [0.15, 0.2) is 0 Å². The van der Waals surface area contributed by atoms with Crippen LogP contribution in [0.5, 0.6) is 0 Å². The maximum Gasteiger partial charge on any atom is 0.470 e. The molecule has 0 spiro atoms. The monoisotopic (exact) mass is 334 g/mol. The SMILES string of the molecule is O=P(O)(O)OC(C(O)CO)C1O[C@@H]([C@H](O)CO)[C@H](O)[C@H]1O. The highest BCUT2D eigenvalue weighted by molar-refractivity contribution is 7.46. The second kappa shape index (κ2) is 7.40. The van der Waals surface area contributed by atoms with Crippen molar-refractivity contribution >= 4 is 7.82 Å². The molecule has 0 aromatic heterocycles. The first-order valence-corrected chi connectivity index (χ1v) is 7.48. The molecule has 1 aliphatic heterocycles. The van der Waals surface area contributed by atoms with Gasteiger partial charge in [0, 0.05) is 0 Å². The van der Waals surface area contributed by atoms with E-state index in [4.69, 9.17) is 24.7 Å². The summed E-state index contributed by atoms with van der Waals surface area (Å²) >= 11 is 0. The molecule has 126 valence electrons. The van der Waals surface area contributed by atoms with Gasteiger partial charge in [0.1, 0.15) is 42.7 Å². The Bertz CT molecular complexity index is 373. The number of hydrogen-bond donors (Lipinski definition) is 8. The van der Waals surface area contributed by atoms with Crippen LogP contribution in [0.15, 0.2) is 0 Å². The topological polar surface area (TPSA) is 197 Å². The van der Waals surface area contributed by atoms with Gasteiger partial charge in [0.05, 0.1) is 13.2 Å². The first-order valence-electron chi connectivity index (χ1n) is 5.95. The summed E-state index contributed by atoms with van der Waals surface area (Å²) in [6, 6.07) is 0. The van der Waals surface area contributed by atoms with Crippen LogP contribution in [0.2, 0.25) is 0 Å². The fourth-order valence-corrected chi connectivity index (χ4v) is 2.61. The molecule has 1 rings (SSSR count). The number of aliphatic hydroxyl groups excluding tert-OH is 6. The zero-order valence-electron chi connectivity index (χ0n) is 10.7. The minimum absolute atomic E-state index is 0.798. The van der Waals surface area contributed by atoms with Crippen molar-refractivity contribution in [2.75, 3.05) is 13.2 Å². The number of phosphoric ester groups is 1. The number of phosphoric acid groups is 1. The van der Waals surface area contributed by atoms with Gasteiger partial charge < -0.3 is 45.2 Å². The summed E-state index contributed by atoms with van der Waals surface area (Å²) < 4.78 is 20.2. The van der Waals surface area contributed by atoms with Crippen LogP contribution in [0.25, 0.3) is 0 Å². The summed E-state index contributed by atoms with van der Waals surface area (Å²) in [5.41, 5.74) is 0. The molecule has 21 heavy (non-hydrogen) atoms. The molecule has 0 aliphatic carbocycles. The number of rotatable bonds is 7. The van der Waals surface area contributed by atoms with Crippen molar-refractivity contribution in [2.45, 2.75) is 42.7 Å². The van der Waals surface area contributed by atoms with Crippen LogP contribution in [0, 0.1) is 0 Å². The van der Waals surface area contributed by atoms with Gasteiger partial charge in [-0.15, -0.1) is 0 Å². The third-order valence-electron chi connectivity index (χ3n) is 3.05. The van der Waals surface area contributed by atoms with E-state index in [0.29, 0.717) is 0 Å². The first kappa shape index (κ1) is 18.9. The third kappa shape index (κ3) is 4.65. The van der Waals surface area contributed by atoms with Crippen molar-refractivity contribution in [3.05, 3.63) is 0 Å². The number of ether oxygens (including phenoxy) is 1. The minimum atomic E-state index is -5.09. The Kier molecular flexibility index (Phi) is 6.65. The molecule has 0 aromatic carbocycles. The second-order valence-corrected chi connectivity index (χ2v) is 5.80. The highest BCUT2D eigenvalue weighted by Crippen LogP contribution is 2.41. The zero-order chi connectivity index (χ0) is 16.4. The summed E-state index contributed by atoms with van der Waals surface area (Å²) in [5, 5.41) is 56.1. The smallest absolute Gasteiger partial charge is 0.394 e. The van der Waals surface area contributed by atoms with Crippen molar-refractivity contribution in [3.8, 4) is 0 Å². The molecule has 0 saturated carbocycles. The van der Waals surface area contributed by atoms with Gasteiger partial charge in [0.25, 0.3) is 0 Å². The molecule has 1 heterocycles. The lowest BCUT2D eigenvalue weighted by molar-refractivity contribution is -0.132. The predicted molar refractivity (Wildman–Crippen MR) is 63.8 cm³/mol. The lowest BCUT2D eigenvalue weighted by Gasteiger charge is -2.29. The molecule has 0 radical (unpaired) electrons. The largest absolute Gasteiger partial charge is 0.470 e. The van der Waals surface area contributed by atoms with E-state index in [9.17, 15) is 25.0 Å². The highest BCUT2D eigenvalue weighted by atomic mass is 31.2. The Hall–Kier alpha value is -0.170. The Morgan fingerprint density at radius 3 is 2.00 bits per heavy atom. The molecule has 1 fully saturated rings. The Morgan fingerprint density at radius 2 is 1.57 bits per heavy atom. The van der Waals surface area contributed by atoms with Crippen molar-refractivity contribution in [1.29, 1.82) is 0 Å². The van der Waals surface area contributed by atoms with Crippen molar-refractivity contribution in [3.63, 3.8) is 0 Å². The number of hydrogen-bond acceptors (Lipinski definition) is 9.